The van der Waals surface area contributed by atoms with E-state index in [1.165, 1.54) is 12.8 Å². The molecule has 0 radical (unpaired) electrons. The van der Waals surface area contributed by atoms with Crippen LogP contribution in [0, 0.1) is 0 Å². The minimum atomic E-state index is 0. The molecule has 1 nitrogen and oxygen atoms in total. The van der Waals surface area contributed by atoms with Gasteiger partial charge in [-0.1, -0.05) is 31.0 Å². The summed E-state index contributed by atoms with van der Waals surface area (Å²) in [5.41, 5.74) is 4.66. The molecule has 0 amide bonds. The first-order valence-corrected chi connectivity index (χ1v) is 3.43. The summed E-state index contributed by atoms with van der Waals surface area (Å²) in [6, 6.07) is 0. The Morgan fingerprint density at radius 1 is 1.44 bits per heavy atom. The molecular weight excluding hydrogens is 161 g/mol. The van der Waals surface area contributed by atoms with Crippen LogP contribution in [0.1, 0.15) is 26.7 Å². The molecule has 0 spiro atoms. The zero-order valence-electron chi connectivity index (χ0n) is 6.31. The standard InChI is InChI=1S/C4H10.CH3NS2.Na/c1-3-4-2;2-1(3)4;/h3-4H2,1-2H3;(H3,2,3,4);/q;;+1/p-1. The summed E-state index contributed by atoms with van der Waals surface area (Å²) in [7, 11) is 0. The predicted molar refractivity (Wildman–Crippen MR) is 44.7 cm³/mol. The molecule has 0 aromatic carbocycles. The number of hydrogen-bond acceptors (Lipinski definition) is 2. The normalized spacial score (nSPS) is 6.00. The topological polar surface area (TPSA) is 26.0 Å². The van der Waals surface area contributed by atoms with Gasteiger partial charge in [0.25, 0.3) is 0 Å². The molecule has 2 N–H and O–H groups in total. The van der Waals surface area contributed by atoms with Crippen molar-refractivity contribution in [2.24, 2.45) is 5.73 Å². The van der Waals surface area contributed by atoms with Gasteiger partial charge in [0.1, 0.15) is 0 Å². The zero-order chi connectivity index (χ0) is 6.99. The van der Waals surface area contributed by atoms with Gasteiger partial charge < -0.3 is 30.6 Å². The van der Waals surface area contributed by atoms with Crippen LogP contribution < -0.4 is 35.3 Å². The van der Waals surface area contributed by atoms with Crippen molar-refractivity contribution >= 4 is 29.2 Å². The van der Waals surface area contributed by atoms with Crippen LogP contribution >= 0.6 is 12.2 Å². The minimum absolute atomic E-state index is 0. The van der Waals surface area contributed by atoms with E-state index in [2.05, 4.69) is 44.4 Å². The molecule has 0 aliphatic heterocycles. The van der Waals surface area contributed by atoms with Gasteiger partial charge in [-0.25, -0.2) is 0 Å². The Morgan fingerprint density at radius 2 is 1.56 bits per heavy atom. The summed E-state index contributed by atoms with van der Waals surface area (Å²) in [6.07, 6.45) is 2.64. The van der Waals surface area contributed by atoms with Gasteiger partial charge in [0.05, 0.1) is 0 Å². The fraction of sp³-hybridized carbons (Fsp3) is 0.800. The van der Waals surface area contributed by atoms with E-state index in [1.807, 2.05) is 0 Å². The van der Waals surface area contributed by atoms with Gasteiger partial charge in [0, 0.05) is 0 Å². The first-order valence-electron chi connectivity index (χ1n) is 2.61. The molecule has 0 unspecified atom stereocenters. The maximum Gasteiger partial charge on any atom is 1.00 e. The third kappa shape index (κ3) is 103. The van der Waals surface area contributed by atoms with Crippen LogP contribution in [0.25, 0.3) is 0 Å². The quantitative estimate of drug-likeness (QED) is 0.300. The smallest absolute Gasteiger partial charge is 0.415 e. The zero-order valence-corrected chi connectivity index (χ0v) is 9.94. The summed E-state index contributed by atoms with van der Waals surface area (Å²) < 4.78 is 0.0833. The van der Waals surface area contributed by atoms with Crippen LogP contribution in [0.5, 0.6) is 0 Å². The number of rotatable bonds is 1. The Labute approximate surface area is 90.5 Å². The molecule has 0 aromatic rings. The molecule has 0 aliphatic carbocycles. The van der Waals surface area contributed by atoms with Crippen molar-refractivity contribution in [2.75, 3.05) is 0 Å². The fourth-order valence-electron chi connectivity index (χ4n) is 0. The Morgan fingerprint density at radius 3 is 1.56 bits per heavy atom. The van der Waals surface area contributed by atoms with Crippen LogP contribution in [0.3, 0.4) is 0 Å². The minimum Gasteiger partial charge on any atom is -0.415 e. The van der Waals surface area contributed by atoms with E-state index >= 15 is 0 Å². The predicted octanol–water partition coefficient (Wildman–Crippen LogP) is -1.41. The van der Waals surface area contributed by atoms with Crippen LogP contribution in [0.15, 0.2) is 0 Å². The van der Waals surface area contributed by atoms with Crippen LogP contribution in [-0.2, 0) is 12.6 Å². The summed E-state index contributed by atoms with van der Waals surface area (Å²) >= 11 is 8.26. The maximum absolute atomic E-state index is 4.66. The number of nitrogens with two attached hydrogens (primary N) is 1. The van der Waals surface area contributed by atoms with E-state index in [-0.39, 0.29) is 33.9 Å². The molecule has 0 aliphatic rings. The molecule has 0 atom stereocenters. The van der Waals surface area contributed by atoms with E-state index in [9.17, 15) is 0 Å². The summed E-state index contributed by atoms with van der Waals surface area (Å²) in [5.74, 6) is 0. The second-order valence-corrected chi connectivity index (χ2v) is 2.46. The van der Waals surface area contributed by atoms with Crippen molar-refractivity contribution < 1.29 is 29.6 Å². The van der Waals surface area contributed by atoms with Gasteiger partial charge in [-0.05, 0) is 0 Å². The number of hydrogen-bond donors (Lipinski definition) is 1. The average Bonchev–Trinajstić information content (AvgIpc) is 1.65. The molecule has 0 fully saturated rings. The van der Waals surface area contributed by atoms with E-state index in [4.69, 9.17) is 0 Å². The molecule has 0 saturated carbocycles. The fourth-order valence-corrected chi connectivity index (χ4v) is 0. The Kier molecular flexibility index (Phi) is 29.6. The maximum atomic E-state index is 4.66. The van der Waals surface area contributed by atoms with Gasteiger partial charge in [0.2, 0.25) is 0 Å². The van der Waals surface area contributed by atoms with Crippen molar-refractivity contribution in [1.29, 1.82) is 0 Å². The first kappa shape index (κ1) is 16.6. The second-order valence-electron chi connectivity index (χ2n) is 1.32. The van der Waals surface area contributed by atoms with Crippen molar-refractivity contribution in [3.05, 3.63) is 0 Å². The molecule has 50 valence electrons. The Balaban J connectivity index is -0.0000000720. The molecule has 0 rings (SSSR count). The molecule has 9 heavy (non-hydrogen) atoms. The van der Waals surface area contributed by atoms with E-state index in [0.29, 0.717) is 0 Å². The van der Waals surface area contributed by atoms with Crippen molar-refractivity contribution in [1.82, 2.24) is 0 Å². The Hall–Kier alpha value is 1.11. The Bertz CT molecular complexity index is 52.9. The molecule has 0 bridgehead atoms. The average molecular weight is 173 g/mol. The molecule has 0 heterocycles. The van der Waals surface area contributed by atoms with Gasteiger partial charge >= 0.3 is 29.6 Å². The van der Waals surface area contributed by atoms with Crippen LogP contribution in [0.4, 0.5) is 0 Å². The van der Waals surface area contributed by atoms with E-state index < -0.39 is 0 Å². The number of unbranched alkanes of at least 4 members (excludes halogenated alkanes) is 1. The second kappa shape index (κ2) is 16.1. The summed E-state index contributed by atoms with van der Waals surface area (Å²) in [6.45, 7) is 4.36. The third-order valence-electron chi connectivity index (χ3n) is 0.500. The van der Waals surface area contributed by atoms with Gasteiger partial charge in [0.15, 0.2) is 0 Å². The van der Waals surface area contributed by atoms with Gasteiger partial charge in [-0.2, -0.15) is 0 Å². The third-order valence-corrected chi connectivity index (χ3v) is 0.500. The SMILES string of the molecule is CCCC.NC(=S)[S-].[Na+]. The van der Waals surface area contributed by atoms with Crippen LogP contribution in [-0.4, -0.2) is 4.32 Å². The largest absolute Gasteiger partial charge is 1.00 e. The van der Waals surface area contributed by atoms with Gasteiger partial charge in [-0.3, -0.25) is 0 Å². The van der Waals surface area contributed by atoms with Crippen molar-refractivity contribution in [3.8, 4) is 0 Å². The van der Waals surface area contributed by atoms with E-state index in [0.717, 1.165) is 0 Å². The van der Waals surface area contributed by atoms with E-state index in [1.54, 1.807) is 0 Å². The van der Waals surface area contributed by atoms with Crippen molar-refractivity contribution in [3.63, 3.8) is 0 Å². The monoisotopic (exact) mass is 173 g/mol. The van der Waals surface area contributed by atoms with Gasteiger partial charge in [-0.15, -0.1) is 0 Å². The van der Waals surface area contributed by atoms with Crippen molar-refractivity contribution in [2.45, 2.75) is 26.7 Å². The molecule has 0 aromatic heterocycles. The molecule has 4 heteroatoms. The van der Waals surface area contributed by atoms with Crippen LogP contribution in [0.2, 0.25) is 0 Å². The molecular formula is C5H12NNaS2. The number of thiocarbonyl (C=S) groups is 1. The summed E-state index contributed by atoms with van der Waals surface area (Å²) in [4.78, 5) is 0. The molecule has 0 saturated heterocycles. The first-order chi connectivity index (χ1) is 3.65. The summed E-state index contributed by atoms with van der Waals surface area (Å²) in [5, 5.41) is 0.